The van der Waals surface area contributed by atoms with Gasteiger partial charge in [-0.1, -0.05) is 6.42 Å². The number of likely N-dealkylation sites (tertiary alicyclic amines) is 1. The van der Waals surface area contributed by atoms with Crippen molar-refractivity contribution in [1.82, 2.24) is 13.9 Å². The van der Waals surface area contributed by atoms with Crippen molar-refractivity contribution in [3.8, 4) is 0 Å². The predicted octanol–water partition coefficient (Wildman–Crippen LogP) is 0.154. The van der Waals surface area contributed by atoms with Crippen molar-refractivity contribution in [2.75, 3.05) is 39.3 Å². The minimum Gasteiger partial charge on any atom is -0.395 e. The second-order valence-corrected chi connectivity index (χ2v) is 7.45. The topological polar surface area (TPSA) is 72.9 Å². The molecule has 0 aromatic carbocycles. The largest absolute Gasteiger partial charge is 0.395 e. The molecule has 1 atom stereocenters. The van der Waals surface area contributed by atoms with Gasteiger partial charge in [-0.3, -0.25) is 0 Å². The van der Waals surface area contributed by atoms with E-state index in [0.717, 1.165) is 45.3 Å². The molecule has 2 aliphatic heterocycles. The Balaban J connectivity index is 1.74. The maximum atomic E-state index is 12.2. The zero-order chi connectivity index (χ0) is 14.4. The fourth-order valence-electron chi connectivity index (χ4n) is 3.07. The monoisotopic (exact) mass is 305 g/mol. The van der Waals surface area contributed by atoms with Gasteiger partial charge in [-0.25, -0.2) is 4.72 Å². The summed E-state index contributed by atoms with van der Waals surface area (Å²) in [7, 11) is -3.44. The number of nitrogens with zero attached hydrogens (tertiary/aromatic N) is 2. The van der Waals surface area contributed by atoms with Crippen LogP contribution in [0.15, 0.2) is 0 Å². The van der Waals surface area contributed by atoms with Crippen molar-refractivity contribution in [3.05, 3.63) is 0 Å². The van der Waals surface area contributed by atoms with Gasteiger partial charge in [0, 0.05) is 19.1 Å². The van der Waals surface area contributed by atoms with Gasteiger partial charge in [0.05, 0.1) is 6.61 Å². The highest BCUT2D eigenvalue weighted by molar-refractivity contribution is 7.87. The van der Waals surface area contributed by atoms with Gasteiger partial charge in [0.1, 0.15) is 0 Å². The lowest BCUT2D eigenvalue weighted by Gasteiger charge is -2.33. The zero-order valence-electron chi connectivity index (χ0n) is 12.1. The molecule has 0 saturated carbocycles. The van der Waals surface area contributed by atoms with E-state index in [4.69, 9.17) is 0 Å². The maximum Gasteiger partial charge on any atom is 0.279 e. The molecule has 6 nitrogen and oxygen atoms in total. The smallest absolute Gasteiger partial charge is 0.279 e. The van der Waals surface area contributed by atoms with E-state index in [0.29, 0.717) is 13.1 Å². The minimum atomic E-state index is -3.44. The van der Waals surface area contributed by atoms with Gasteiger partial charge in [0.25, 0.3) is 10.2 Å². The summed E-state index contributed by atoms with van der Waals surface area (Å²) in [4.78, 5) is 2.38. The molecular formula is C13H27N3O3S. The molecule has 2 rings (SSSR count). The molecule has 0 aromatic rings. The highest BCUT2D eigenvalue weighted by atomic mass is 32.2. The van der Waals surface area contributed by atoms with Gasteiger partial charge >= 0.3 is 0 Å². The third kappa shape index (κ3) is 4.39. The van der Waals surface area contributed by atoms with Gasteiger partial charge in [-0.2, -0.15) is 12.7 Å². The molecule has 7 heteroatoms. The van der Waals surface area contributed by atoms with Crippen LogP contribution in [0.25, 0.3) is 0 Å². The van der Waals surface area contributed by atoms with E-state index < -0.39 is 10.2 Å². The van der Waals surface area contributed by atoms with Crippen LogP contribution in [0, 0.1) is 0 Å². The fraction of sp³-hybridized carbons (Fsp3) is 1.00. The number of aliphatic hydroxyl groups excluding tert-OH is 1. The van der Waals surface area contributed by atoms with Crippen LogP contribution in [0.1, 0.15) is 38.5 Å². The van der Waals surface area contributed by atoms with Crippen LogP contribution in [-0.4, -0.2) is 68.1 Å². The first kappa shape index (κ1) is 16.2. The van der Waals surface area contributed by atoms with Crippen LogP contribution >= 0.6 is 0 Å². The third-order valence-electron chi connectivity index (χ3n) is 4.23. The molecule has 2 aliphatic rings. The van der Waals surface area contributed by atoms with Crippen LogP contribution in [0.2, 0.25) is 0 Å². The first-order valence-electron chi connectivity index (χ1n) is 7.73. The number of rotatable bonds is 7. The van der Waals surface area contributed by atoms with E-state index in [1.165, 1.54) is 17.1 Å². The summed E-state index contributed by atoms with van der Waals surface area (Å²) in [6.07, 6.45) is 5.99. The van der Waals surface area contributed by atoms with Crippen molar-refractivity contribution in [2.45, 2.75) is 44.6 Å². The number of aliphatic hydroxyl groups is 1. The van der Waals surface area contributed by atoms with Crippen molar-refractivity contribution in [2.24, 2.45) is 0 Å². The van der Waals surface area contributed by atoms with Crippen LogP contribution in [0.5, 0.6) is 0 Å². The molecular weight excluding hydrogens is 278 g/mol. The summed E-state index contributed by atoms with van der Waals surface area (Å²) < 4.78 is 28.6. The number of hydrogen-bond donors (Lipinski definition) is 2. The zero-order valence-corrected chi connectivity index (χ0v) is 12.9. The lowest BCUT2D eigenvalue weighted by Crippen LogP contribution is -2.50. The Hall–Kier alpha value is -0.210. The molecule has 2 heterocycles. The molecule has 2 saturated heterocycles. The summed E-state index contributed by atoms with van der Waals surface area (Å²) in [5.74, 6) is 0. The summed E-state index contributed by atoms with van der Waals surface area (Å²) in [6.45, 7) is 4.16. The molecule has 2 fully saturated rings. The Morgan fingerprint density at radius 3 is 2.50 bits per heavy atom. The van der Waals surface area contributed by atoms with Crippen LogP contribution in [0.3, 0.4) is 0 Å². The van der Waals surface area contributed by atoms with E-state index in [1.54, 1.807) is 0 Å². The van der Waals surface area contributed by atoms with Gasteiger partial charge in [-0.15, -0.1) is 0 Å². The Kier molecular flexibility index (Phi) is 6.22. The Morgan fingerprint density at radius 2 is 1.80 bits per heavy atom. The lowest BCUT2D eigenvalue weighted by atomic mass is 10.1. The standard InChI is InChI=1S/C13H27N3O3S/c17-12-13-6-1-2-11-16(13)20(18,19)14-7-5-10-15-8-3-4-9-15/h13-14,17H,1-12H2. The number of nitrogens with one attached hydrogen (secondary N) is 1. The van der Waals surface area contributed by atoms with Gasteiger partial charge in [0.2, 0.25) is 0 Å². The summed E-state index contributed by atoms with van der Waals surface area (Å²) in [5, 5.41) is 9.30. The molecule has 118 valence electrons. The van der Waals surface area contributed by atoms with E-state index in [2.05, 4.69) is 9.62 Å². The number of piperidine rings is 1. The van der Waals surface area contributed by atoms with Gasteiger partial charge in [-0.05, 0) is 51.7 Å². The van der Waals surface area contributed by atoms with Gasteiger partial charge < -0.3 is 10.0 Å². The summed E-state index contributed by atoms with van der Waals surface area (Å²) in [5.41, 5.74) is 0. The second-order valence-electron chi connectivity index (χ2n) is 5.74. The first-order chi connectivity index (χ1) is 9.63. The van der Waals surface area contributed by atoms with Crippen LogP contribution < -0.4 is 4.72 Å². The van der Waals surface area contributed by atoms with E-state index in [9.17, 15) is 13.5 Å². The van der Waals surface area contributed by atoms with Crippen LogP contribution in [0.4, 0.5) is 0 Å². The molecule has 0 radical (unpaired) electrons. The van der Waals surface area contributed by atoms with Crippen molar-refractivity contribution < 1.29 is 13.5 Å². The Bertz CT molecular complexity index is 382. The summed E-state index contributed by atoms with van der Waals surface area (Å²) >= 11 is 0. The van der Waals surface area contributed by atoms with Crippen molar-refractivity contribution in [1.29, 1.82) is 0 Å². The maximum absolute atomic E-state index is 12.2. The molecule has 0 aromatic heterocycles. The Labute approximate surface area is 122 Å². The highest BCUT2D eigenvalue weighted by Crippen LogP contribution is 2.19. The number of hydrogen-bond acceptors (Lipinski definition) is 4. The molecule has 0 amide bonds. The molecule has 0 bridgehead atoms. The highest BCUT2D eigenvalue weighted by Gasteiger charge is 2.31. The fourth-order valence-corrected chi connectivity index (χ4v) is 4.57. The molecule has 0 aliphatic carbocycles. The Morgan fingerprint density at radius 1 is 1.10 bits per heavy atom. The third-order valence-corrected chi connectivity index (χ3v) is 5.89. The minimum absolute atomic E-state index is 0.0886. The SMILES string of the molecule is O=S(=O)(NCCCN1CCCC1)N1CCCCC1CO. The molecule has 1 unspecified atom stereocenters. The van der Waals surface area contributed by atoms with E-state index in [1.807, 2.05) is 0 Å². The first-order valence-corrected chi connectivity index (χ1v) is 9.17. The average molecular weight is 305 g/mol. The van der Waals surface area contributed by atoms with E-state index in [-0.39, 0.29) is 12.6 Å². The second kappa shape index (κ2) is 7.70. The molecule has 2 N–H and O–H groups in total. The normalized spacial score (nSPS) is 26.1. The lowest BCUT2D eigenvalue weighted by molar-refractivity contribution is 0.154. The predicted molar refractivity (Wildman–Crippen MR) is 78.6 cm³/mol. The van der Waals surface area contributed by atoms with Crippen molar-refractivity contribution in [3.63, 3.8) is 0 Å². The average Bonchev–Trinajstić information content (AvgIpc) is 2.97. The van der Waals surface area contributed by atoms with Crippen LogP contribution in [-0.2, 0) is 10.2 Å². The van der Waals surface area contributed by atoms with E-state index >= 15 is 0 Å². The van der Waals surface area contributed by atoms with Crippen molar-refractivity contribution >= 4 is 10.2 Å². The quantitative estimate of drug-likeness (QED) is 0.657. The molecule has 0 spiro atoms. The van der Waals surface area contributed by atoms with Gasteiger partial charge in [0.15, 0.2) is 0 Å². The summed E-state index contributed by atoms with van der Waals surface area (Å²) in [6, 6.07) is -0.250. The molecule has 20 heavy (non-hydrogen) atoms.